The summed E-state index contributed by atoms with van der Waals surface area (Å²) in [5.41, 5.74) is 3.48. The van der Waals surface area contributed by atoms with Gasteiger partial charge in [0.25, 0.3) is 5.91 Å². The highest BCUT2D eigenvalue weighted by Crippen LogP contribution is 2.25. The number of amides is 1. The maximum absolute atomic E-state index is 13.1. The molecular weight excluding hydrogens is 434 g/mol. The Bertz CT molecular complexity index is 1090. The lowest BCUT2D eigenvalue weighted by atomic mass is 10.0. The topological polar surface area (TPSA) is 69.7 Å². The van der Waals surface area contributed by atoms with E-state index in [4.69, 9.17) is 0 Å². The number of rotatable bonds is 7. The quantitative estimate of drug-likeness (QED) is 0.667. The van der Waals surface area contributed by atoms with Crippen molar-refractivity contribution in [1.29, 1.82) is 0 Å². The lowest BCUT2D eigenvalue weighted by Gasteiger charge is -2.29. The van der Waals surface area contributed by atoms with Gasteiger partial charge in [0.1, 0.15) is 0 Å². The van der Waals surface area contributed by atoms with Gasteiger partial charge < -0.3 is 5.32 Å². The summed E-state index contributed by atoms with van der Waals surface area (Å²) in [6, 6.07) is 13.2. The molecule has 2 aliphatic heterocycles. The Hall–Kier alpha value is -2.22. The van der Waals surface area contributed by atoms with Crippen LogP contribution in [-0.2, 0) is 23.1 Å². The summed E-state index contributed by atoms with van der Waals surface area (Å²) in [5, 5.41) is 2.98. The van der Waals surface area contributed by atoms with Gasteiger partial charge in [0.2, 0.25) is 10.0 Å². The minimum Gasteiger partial charge on any atom is -0.348 e. The molecule has 2 saturated heterocycles. The van der Waals surface area contributed by atoms with E-state index in [1.54, 1.807) is 16.4 Å². The molecule has 1 N–H and O–H groups in total. The van der Waals surface area contributed by atoms with Crippen LogP contribution in [0.25, 0.3) is 0 Å². The maximum Gasteiger partial charge on any atom is 0.251 e. The van der Waals surface area contributed by atoms with E-state index in [9.17, 15) is 13.2 Å². The van der Waals surface area contributed by atoms with Crippen molar-refractivity contribution >= 4 is 15.9 Å². The van der Waals surface area contributed by atoms with Crippen LogP contribution < -0.4 is 5.32 Å². The second kappa shape index (κ2) is 10.4. The molecule has 6 nitrogen and oxygen atoms in total. The fourth-order valence-corrected chi connectivity index (χ4v) is 6.19. The fraction of sp³-hybridized carbons (Fsp3) is 0.500. The molecule has 0 saturated carbocycles. The Labute approximate surface area is 198 Å². The standard InChI is InChI=1S/C26H35N3O3S/c1-20-10-14-29(15-11-20)33(31,32)24-9-8-21(2)25(17-24)26(30)27-18-22-6-5-7-23(16-22)19-28-12-3-4-13-28/h5-9,16-17,20H,3-4,10-15,18-19H2,1-2H3,(H,27,30). The molecule has 2 aromatic rings. The van der Waals surface area contributed by atoms with Gasteiger partial charge in [-0.1, -0.05) is 37.3 Å². The minimum absolute atomic E-state index is 0.195. The molecule has 7 heteroatoms. The van der Waals surface area contributed by atoms with Crippen LogP contribution in [0.2, 0.25) is 0 Å². The van der Waals surface area contributed by atoms with Crippen LogP contribution in [0.1, 0.15) is 59.7 Å². The highest BCUT2D eigenvalue weighted by Gasteiger charge is 2.29. The molecule has 0 unspecified atom stereocenters. The Morgan fingerprint density at radius 3 is 2.42 bits per heavy atom. The molecule has 4 rings (SSSR count). The summed E-state index contributed by atoms with van der Waals surface area (Å²) in [5.74, 6) is 0.298. The van der Waals surface area contributed by atoms with Crippen molar-refractivity contribution in [3.8, 4) is 0 Å². The van der Waals surface area contributed by atoms with Crippen molar-refractivity contribution in [2.75, 3.05) is 26.2 Å². The van der Waals surface area contributed by atoms with Gasteiger partial charge in [-0.05, 0) is 80.4 Å². The van der Waals surface area contributed by atoms with Crippen LogP contribution in [-0.4, -0.2) is 49.7 Å². The maximum atomic E-state index is 13.1. The van der Waals surface area contributed by atoms with E-state index < -0.39 is 10.0 Å². The van der Waals surface area contributed by atoms with E-state index >= 15 is 0 Å². The number of hydrogen-bond donors (Lipinski definition) is 1. The molecule has 2 heterocycles. The summed E-state index contributed by atoms with van der Waals surface area (Å²) in [6.45, 7) is 8.71. The van der Waals surface area contributed by atoms with Gasteiger partial charge in [-0.25, -0.2) is 8.42 Å². The summed E-state index contributed by atoms with van der Waals surface area (Å²) in [4.78, 5) is 15.6. The first-order chi connectivity index (χ1) is 15.8. The number of nitrogens with zero attached hydrogens (tertiary/aromatic N) is 2. The van der Waals surface area contributed by atoms with Gasteiger partial charge in [-0.2, -0.15) is 4.31 Å². The van der Waals surface area contributed by atoms with E-state index in [0.29, 0.717) is 31.1 Å². The molecular formula is C26H35N3O3S. The smallest absolute Gasteiger partial charge is 0.251 e. The van der Waals surface area contributed by atoms with Crippen molar-refractivity contribution in [2.45, 2.75) is 57.5 Å². The number of benzene rings is 2. The van der Waals surface area contributed by atoms with Crippen LogP contribution in [0.4, 0.5) is 0 Å². The lowest BCUT2D eigenvalue weighted by Crippen LogP contribution is -2.38. The molecule has 0 aromatic heterocycles. The van der Waals surface area contributed by atoms with Crippen molar-refractivity contribution in [3.05, 3.63) is 64.7 Å². The van der Waals surface area contributed by atoms with Gasteiger partial charge in [0.15, 0.2) is 0 Å². The van der Waals surface area contributed by atoms with E-state index in [0.717, 1.165) is 43.6 Å². The lowest BCUT2D eigenvalue weighted by molar-refractivity contribution is 0.0950. The zero-order chi connectivity index (χ0) is 23.4. The second-order valence-electron chi connectivity index (χ2n) is 9.55. The summed E-state index contributed by atoms with van der Waals surface area (Å²) >= 11 is 0. The number of sulfonamides is 1. The van der Waals surface area contributed by atoms with Gasteiger partial charge in [0, 0.05) is 31.7 Å². The van der Waals surface area contributed by atoms with E-state index in [1.807, 2.05) is 19.1 Å². The van der Waals surface area contributed by atoms with Crippen molar-refractivity contribution in [2.24, 2.45) is 5.92 Å². The molecule has 0 bridgehead atoms. The molecule has 0 radical (unpaired) electrons. The first-order valence-corrected chi connectivity index (χ1v) is 13.5. The Kier molecular flexibility index (Phi) is 7.51. The number of hydrogen-bond acceptors (Lipinski definition) is 4. The van der Waals surface area contributed by atoms with Crippen LogP contribution in [0.15, 0.2) is 47.4 Å². The van der Waals surface area contributed by atoms with Crippen LogP contribution in [0.5, 0.6) is 0 Å². The molecule has 0 atom stereocenters. The zero-order valence-corrected chi connectivity index (χ0v) is 20.5. The fourth-order valence-electron chi connectivity index (χ4n) is 4.69. The van der Waals surface area contributed by atoms with E-state index in [2.05, 4.69) is 29.3 Å². The minimum atomic E-state index is -3.59. The average Bonchev–Trinajstić information content (AvgIpc) is 3.31. The number of likely N-dealkylation sites (tertiary alicyclic amines) is 1. The van der Waals surface area contributed by atoms with Crippen LogP contribution in [0.3, 0.4) is 0 Å². The number of carbonyl (C=O) groups excluding carboxylic acids is 1. The third-order valence-electron chi connectivity index (χ3n) is 6.88. The number of nitrogens with one attached hydrogen (secondary N) is 1. The third-order valence-corrected chi connectivity index (χ3v) is 8.78. The van der Waals surface area contributed by atoms with Gasteiger partial charge >= 0.3 is 0 Å². The number of carbonyl (C=O) groups is 1. The Morgan fingerprint density at radius 2 is 1.70 bits per heavy atom. The second-order valence-corrected chi connectivity index (χ2v) is 11.5. The molecule has 2 fully saturated rings. The summed E-state index contributed by atoms with van der Waals surface area (Å²) in [6.07, 6.45) is 4.27. The highest BCUT2D eigenvalue weighted by atomic mass is 32.2. The summed E-state index contributed by atoms with van der Waals surface area (Å²) < 4.78 is 27.8. The van der Waals surface area contributed by atoms with Crippen LogP contribution >= 0.6 is 0 Å². The zero-order valence-electron chi connectivity index (χ0n) is 19.7. The normalized spacial score (nSPS) is 18.5. The van der Waals surface area contributed by atoms with E-state index in [1.165, 1.54) is 24.5 Å². The largest absolute Gasteiger partial charge is 0.348 e. The van der Waals surface area contributed by atoms with Crippen molar-refractivity contribution in [1.82, 2.24) is 14.5 Å². The number of aryl methyl sites for hydroxylation is 1. The molecule has 0 spiro atoms. The Morgan fingerprint density at radius 1 is 1.00 bits per heavy atom. The predicted octanol–water partition coefficient (Wildman–Crippen LogP) is 3.94. The van der Waals surface area contributed by atoms with Gasteiger partial charge in [-0.15, -0.1) is 0 Å². The van der Waals surface area contributed by atoms with Crippen molar-refractivity contribution in [3.63, 3.8) is 0 Å². The predicted molar refractivity (Wildman–Crippen MR) is 130 cm³/mol. The molecule has 178 valence electrons. The molecule has 0 aliphatic carbocycles. The molecule has 33 heavy (non-hydrogen) atoms. The SMILES string of the molecule is Cc1ccc(S(=O)(=O)N2CCC(C)CC2)cc1C(=O)NCc1cccc(CN2CCCC2)c1. The monoisotopic (exact) mass is 469 g/mol. The van der Waals surface area contributed by atoms with E-state index in [-0.39, 0.29) is 10.8 Å². The van der Waals surface area contributed by atoms with Gasteiger partial charge in [0.05, 0.1) is 4.90 Å². The summed E-state index contributed by atoms with van der Waals surface area (Å²) in [7, 11) is -3.59. The molecule has 1 amide bonds. The molecule has 2 aromatic carbocycles. The first-order valence-electron chi connectivity index (χ1n) is 12.0. The average molecular weight is 470 g/mol. The van der Waals surface area contributed by atoms with Crippen molar-refractivity contribution < 1.29 is 13.2 Å². The Balaban J connectivity index is 1.43. The number of piperidine rings is 1. The first kappa shape index (κ1) is 23.9. The van der Waals surface area contributed by atoms with Gasteiger partial charge in [-0.3, -0.25) is 9.69 Å². The molecule has 2 aliphatic rings. The highest BCUT2D eigenvalue weighted by molar-refractivity contribution is 7.89. The third kappa shape index (κ3) is 5.83. The van der Waals surface area contributed by atoms with Crippen LogP contribution in [0, 0.1) is 12.8 Å².